The second kappa shape index (κ2) is 10.8. The molecule has 3 aromatic carbocycles. The molecule has 8 nitrogen and oxygen atoms in total. The highest BCUT2D eigenvalue weighted by Gasteiger charge is 2.26. The second-order valence-electron chi connectivity index (χ2n) is 9.83. The summed E-state index contributed by atoms with van der Waals surface area (Å²) in [5, 5.41) is 1.61. The van der Waals surface area contributed by atoms with E-state index in [0.717, 1.165) is 49.2 Å². The first kappa shape index (κ1) is 27.8. The Bertz CT molecular complexity index is 2090. The molecule has 6 aromatic rings. The van der Waals surface area contributed by atoms with Crippen LogP contribution in [0.5, 0.6) is 5.75 Å². The fraction of sp³-hybridized carbons (Fsp3) is 0.129. The molecule has 1 atom stereocenters. The summed E-state index contributed by atoms with van der Waals surface area (Å²) in [6.45, 7) is 5.84. The van der Waals surface area contributed by atoms with Crippen LogP contribution in [0.25, 0.3) is 31.6 Å². The SMILES string of the molecule is Cc1c(-c2cc(C(=O)NS(=O)(=O)c3cnc(N)s3)c3c(OC(C)c4ccccc4)ccc(C)c3n2)sc2ccccc12. The number of nitrogens with zero attached hydrogens (tertiary/aromatic N) is 2. The van der Waals surface area contributed by atoms with Crippen molar-refractivity contribution in [2.45, 2.75) is 31.1 Å². The summed E-state index contributed by atoms with van der Waals surface area (Å²) in [6, 6.07) is 23.1. The maximum absolute atomic E-state index is 13.9. The molecule has 3 heterocycles. The zero-order chi connectivity index (χ0) is 29.6. The van der Waals surface area contributed by atoms with Gasteiger partial charge in [-0.2, -0.15) is 0 Å². The van der Waals surface area contributed by atoms with Gasteiger partial charge in [0.25, 0.3) is 15.9 Å². The van der Waals surface area contributed by atoms with E-state index >= 15 is 0 Å². The predicted octanol–water partition coefficient (Wildman–Crippen LogP) is 7.03. The molecule has 212 valence electrons. The van der Waals surface area contributed by atoms with Crippen molar-refractivity contribution in [1.82, 2.24) is 14.7 Å². The molecule has 0 aliphatic rings. The molecule has 0 aliphatic heterocycles. The van der Waals surface area contributed by atoms with Gasteiger partial charge in [-0.25, -0.2) is 23.1 Å². The van der Waals surface area contributed by atoms with E-state index in [9.17, 15) is 13.2 Å². The molecule has 0 bridgehead atoms. The standard InChI is InChI=1S/C31H26N4O4S3/c1-17-13-14-24(39-19(3)20-9-5-4-6-10-20)27-22(30(36)35-42(37,38)26-16-33-31(32)41-26)15-23(34-28(17)27)29-18(2)21-11-7-8-12-25(21)40-29/h4-16,19H,1-3H3,(H2,32,33)(H,35,36). The summed E-state index contributed by atoms with van der Waals surface area (Å²) >= 11 is 2.35. The van der Waals surface area contributed by atoms with Gasteiger partial charge in [0, 0.05) is 4.70 Å². The number of nitrogen functional groups attached to an aromatic ring is 1. The summed E-state index contributed by atoms with van der Waals surface area (Å²) in [6.07, 6.45) is 0.786. The lowest BCUT2D eigenvalue weighted by molar-refractivity contribution is 0.0982. The summed E-state index contributed by atoms with van der Waals surface area (Å²) in [7, 11) is -4.23. The number of sulfonamides is 1. The Balaban J connectivity index is 1.54. The number of carbonyl (C=O) groups excluding carboxylic acids is 1. The lowest BCUT2D eigenvalue weighted by Gasteiger charge is -2.19. The average molecular weight is 615 g/mol. The Kier molecular flexibility index (Phi) is 7.17. The van der Waals surface area contributed by atoms with E-state index in [-0.39, 0.29) is 21.0 Å². The maximum Gasteiger partial charge on any atom is 0.275 e. The first-order valence-corrected chi connectivity index (χ1v) is 16.2. The van der Waals surface area contributed by atoms with Gasteiger partial charge >= 0.3 is 0 Å². The minimum absolute atomic E-state index is 0.0842. The molecule has 42 heavy (non-hydrogen) atoms. The Hall–Kier alpha value is -4.32. The number of thiophene rings is 1. The van der Waals surface area contributed by atoms with Crippen LogP contribution in [-0.2, 0) is 10.0 Å². The molecular formula is C31H26N4O4S3. The number of carbonyl (C=O) groups is 1. The van der Waals surface area contributed by atoms with Crippen LogP contribution in [0.2, 0.25) is 0 Å². The van der Waals surface area contributed by atoms with E-state index < -0.39 is 15.9 Å². The van der Waals surface area contributed by atoms with Gasteiger partial charge in [-0.15, -0.1) is 11.3 Å². The van der Waals surface area contributed by atoms with Crippen molar-refractivity contribution < 1.29 is 17.9 Å². The van der Waals surface area contributed by atoms with E-state index in [2.05, 4.69) is 15.8 Å². The number of benzene rings is 3. The summed E-state index contributed by atoms with van der Waals surface area (Å²) in [5.41, 5.74) is 9.71. The van der Waals surface area contributed by atoms with E-state index in [1.165, 1.54) is 0 Å². The number of ether oxygens (including phenoxy) is 1. The molecule has 11 heteroatoms. The maximum atomic E-state index is 13.9. The predicted molar refractivity (Wildman–Crippen MR) is 169 cm³/mol. The number of hydrogen-bond donors (Lipinski definition) is 2. The Morgan fingerprint density at radius 1 is 1.00 bits per heavy atom. The molecule has 1 unspecified atom stereocenters. The van der Waals surface area contributed by atoms with Crippen molar-refractivity contribution in [3.8, 4) is 16.3 Å². The van der Waals surface area contributed by atoms with Crippen LogP contribution in [0.15, 0.2) is 83.2 Å². The van der Waals surface area contributed by atoms with E-state index in [1.54, 1.807) is 23.5 Å². The lowest BCUT2D eigenvalue weighted by Crippen LogP contribution is -2.30. The third kappa shape index (κ3) is 5.11. The summed E-state index contributed by atoms with van der Waals surface area (Å²) < 4.78 is 35.8. The van der Waals surface area contributed by atoms with E-state index in [4.69, 9.17) is 15.5 Å². The normalized spacial score (nSPS) is 12.5. The number of anilines is 1. The number of nitrogens with two attached hydrogens (primary N) is 1. The lowest BCUT2D eigenvalue weighted by atomic mass is 10.0. The Labute approximate surface area is 250 Å². The van der Waals surface area contributed by atoms with Gasteiger partial charge in [-0.05, 0) is 61.0 Å². The molecule has 0 saturated heterocycles. The van der Waals surface area contributed by atoms with Crippen LogP contribution in [0.3, 0.4) is 0 Å². The number of rotatable bonds is 7. The van der Waals surface area contributed by atoms with Gasteiger partial charge in [0.15, 0.2) is 9.34 Å². The van der Waals surface area contributed by atoms with Crippen molar-refractivity contribution in [2.75, 3.05) is 5.73 Å². The average Bonchev–Trinajstić information content (AvgIpc) is 3.58. The molecular weight excluding hydrogens is 589 g/mol. The smallest absolute Gasteiger partial charge is 0.275 e. The second-order valence-corrected chi connectivity index (χ2v) is 13.9. The van der Waals surface area contributed by atoms with Crippen molar-refractivity contribution >= 4 is 64.7 Å². The minimum atomic E-state index is -4.23. The van der Waals surface area contributed by atoms with Crippen LogP contribution in [-0.4, -0.2) is 24.3 Å². The first-order valence-electron chi connectivity index (χ1n) is 13.1. The Morgan fingerprint density at radius 3 is 2.45 bits per heavy atom. The van der Waals surface area contributed by atoms with Crippen LogP contribution >= 0.6 is 22.7 Å². The van der Waals surface area contributed by atoms with Crippen molar-refractivity contribution in [3.05, 3.63) is 101 Å². The van der Waals surface area contributed by atoms with Crippen LogP contribution in [0.1, 0.15) is 40.1 Å². The van der Waals surface area contributed by atoms with Crippen molar-refractivity contribution in [2.24, 2.45) is 0 Å². The third-order valence-electron chi connectivity index (χ3n) is 7.01. The highest BCUT2D eigenvalue weighted by atomic mass is 32.2. The number of pyridine rings is 1. The van der Waals surface area contributed by atoms with Gasteiger partial charge in [0.1, 0.15) is 11.9 Å². The molecule has 0 spiro atoms. The monoisotopic (exact) mass is 614 g/mol. The molecule has 0 fully saturated rings. The molecule has 3 aromatic heterocycles. The summed E-state index contributed by atoms with van der Waals surface area (Å²) in [4.78, 5) is 23.6. The molecule has 0 aliphatic carbocycles. The molecule has 3 N–H and O–H groups in total. The van der Waals surface area contributed by atoms with Gasteiger partial charge in [-0.1, -0.05) is 65.9 Å². The van der Waals surface area contributed by atoms with Gasteiger partial charge in [-0.3, -0.25) is 4.79 Å². The minimum Gasteiger partial charge on any atom is -0.485 e. The molecule has 0 saturated carbocycles. The number of thiazole rings is 1. The fourth-order valence-electron chi connectivity index (χ4n) is 4.86. The largest absolute Gasteiger partial charge is 0.485 e. The van der Waals surface area contributed by atoms with Gasteiger partial charge in [0.2, 0.25) is 0 Å². The van der Waals surface area contributed by atoms with Crippen molar-refractivity contribution in [1.29, 1.82) is 0 Å². The van der Waals surface area contributed by atoms with Crippen molar-refractivity contribution in [3.63, 3.8) is 0 Å². The number of amides is 1. The van der Waals surface area contributed by atoms with E-state index in [1.807, 2.05) is 75.4 Å². The first-order chi connectivity index (χ1) is 20.1. The molecule has 6 rings (SSSR count). The van der Waals surface area contributed by atoms with Crippen LogP contribution in [0, 0.1) is 13.8 Å². The van der Waals surface area contributed by atoms with Crippen LogP contribution < -0.4 is 15.2 Å². The zero-order valence-corrected chi connectivity index (χ0v) is 25.4. The van der Waals surface area contributed by atoms with Gasteiger partial charge in [0.05, 0.1) is 33.2 Å². The highest BCUT2D eigenvalue weighted by molar-refractivity contribution is 7.92. The molecule has 0 radical (unpaired) electrons. The highest BCUT2D eigenvalue weighted by Crippen LogP contribution is 2.41. The topological polar surface area (TPSA) is 124 Å². The quantitative estimate of drug-likeness (QED) is 0.198. The number of hydrogen-bond acceptors (Lipinski definition) is 9. The fourth-order valence-corrected chi connectivity index (χ4v) is 7.91. The number of fused-ring (bicyclic) bond motifs is 2. The number of nitrogens with one attached hydrogen (secondary N) is 1. The summed E-state index contributed by atoms with van der Waals surface area (Å²) in [5.74, 6) is -0.388. The van der Waals surface area contributed by atoms with E-state index in [0.29, 0.717) is 22.3 Å². The Morgan fingerprint density at radius 2 is 1.74 bits per heavy atom. The molecule has 1 amide bonds. The zero-order valence-electron chi connectivity index (χ0n) is 22.9. The number of aryl methyl sites for hydroxylation is 2. The van der Waals surface area contributed by atoms with Crippen LogP contribution in [0.4, 0.5) is 5.13 Å². The van der Waals surface area contributed by atoms with Gasteiger partial charge < -0.3 is 10.5 Å². The third-order valence-corrected chi connectivity index (χ3v) is 10.9. The number of aromatic nitrogens is 2.